The highest BCUT2D eigenvalue weighted by Gasteiger charge is 2.44. The number of benzene rings is 2. The number of alkyl halides is 1. The Kier molecular flexibility index (Phi) is 6.74. The number of anilines is 1. The number of carbonyl (C=O) groups is 1. The molecule has 8 nitrogen and oxygen atoms in total. The Labute approximate surface area is 230 Å². The SMILES string of the molecule is CCc1cccc2cc(OCOC)cc(-c3ncc4c(N(C)[C@@H]5C[C@H]5F)nc(OCC5(C=O)CC5)nc4c3F)c12. The number of methoxy groups -OCH3 is 1. The fourth-order valence-corrected chi connectivity index (χ4v) is 5.09. The minimum atomic E-state index is -0.991. The van der Waals surface area contributed by atoms with Crippen LogP contribution in [0.1, 0.15) is 31.7 Å². The molecule has 0 radical (unpaired) electrons. The van der Waals surface area contributed by atoms with Crippen molar-refractivity contribution in [3.05, 3.63) is 47.9 Å². The standard InChI is InChI=1S/C30H30F2N4O4/c1-4-17-6-5-7-18-10-19(40-16-38-3)11-20(24(17)18)26-25(32)27-21(13-33-26)28(36(2)23-12-22(23)31)35-29(34-27)39-15-30(14-37)8-9-30/h5-7,10-11,13-14,22-23H,4,8-9,12,15-16H2,1-3H3/t22-,23-/m1/s1. The van der Waals surface area contributed by atoms with Crippen molar-refractivity contribution in [2.45, 2.75) is 44.8 Å². The molecule has 2 aromatic carbocycles. The van der Waals surface area contributed by atoms with Gasteiger partial charge in [-0.2, -0.15) is 9.97 Å². The van der Waals surface area contributed by atoms with E-state index in [0.29, 0.717) is 28.9 Å². The Morgan fingerprint density at radius 1 is 1.20 bits per heavy atom. The average Bonchev–Trinajstić information content (AvgIpc) is 3.91. The van der Waals surface area contributed by atoms with Crippen LogP contribution >= 0.6 is 0 Å². The molecule has 2 atom stereocenters. The lowest BCUT2D eigenvalue weighted by molar-refractivity contribution is -0.113. The second-order valence-electron chi connectivity index (χ2n) is 10.6. The summed E-state index contributed by atoms with van der Waals surface area (Å²) in [5, 5.41) is 2.09. The molecule has 10 heteroatoms. The monoisotopic (exact) mass is 548 g/mol. The van der Waals surface area contributed by atoms with Gasteiger partial charge in [0.05, 0.1) is 16.8 Å². The van der Waals surface area contributed by atoms with Gasteiger partial charge in [0.1, 0.15) is 41.8 Å². The lowest BCUT2D eigenvalue weighted by atomic mass is 9.95. The number of ether oxygens (including phenoxy) is 3. The molecule has 6 rings (SSSR count). The molecule has 0 N–H and O–H groups in total. The number of carbonyl (C=O) groups excluding carboxylic acids is 1. The van der Waals surface area contributed by atoms with Crippen LogP contribution in [0.15, 0.2) is 36.5 Å². The van der Waals surface area contributed by atoms with Crippen LogP contribution in [-0.2, 0) is 16.0 Å². The number of pyridine rings is 1. The van der Waals surface area contributed by atoms with Crippen molar-refractivity contribution >= 4 is 33.8 Å². The first-order valence-electron chi connectivity index (χ1n) is 13.4. The molecule has 208 valence electrons. The third-order valence-corrected chi connectivity index (χ3v) is 7.80. The first-order chi connectivity index (χ1) is 19.4. The number of aldehydes is 1. The van der Waals surface area contributed by atoms with Crippen molar-refractivity contribution in [2.24, 2.45) is 5.41 Å². The molecule has 2 aliphatic carbocycles. The lowest BCUT2D eigenvalue weighted by Gasteiger charge is -2.21. The number of aryl methyl sites for hydroxylation is 1. The number of hydrogen-bond acceptors (Lipinski definition) is 8. The summed E-state index contributed by atoms with van der Waals surface area (Å²) in [5.41, 5.74) is 1.14. The fourth-order valence-electron chi connectivity index (χ4n) is 5.09. The van der Waals surface area contributed by atoms with Gasteiger partial charge in [0.15, 0.2) is 12.6 Å². The van der Waals surface area contributed by atoms with E-state index in [-0.39, 0.29) is 36.7 Å². The van der Waals surface area contributed by atoms with E-state index in [1.807, 2.05) is 31.2 Å². The average molecular weight is 549 g/mol. The molecule has 2 aliphatic rings. The maximum absolute atomic E-state index is 16.5. The summed E-state index contributed by atoms with van der Waals surface area (Å²) in [4.78, 5) is 26.6. The summed E-state index contributed by atoms with van der Waals surface area (Å²) in [7, 11) is 3.25. The summed E-state index contributed by atoms with van der Waals surface area (Å²) >= 11 is 0. The smallest absolute Gasteiger partial charge is 0.319 e. The van der Waals surface area contributed by atoms with Crippen molar-refractivity contribution < 1.29 is 27.8 Å². The predicted octanol–water partition coefficient (Wildman–Crippen LogP) is 5.43. The van der Waals surface area contributed by atoms with Crippen molar-refractivity contribution in [2.75, 3.05) is 32.5 Å². The maximum Gasteiger partial charge on any atom is 0.319 e. The Hall–Kier alpha value is -3.92. The Morgan fingerprint density at radius 2 is 2.00 bits per heavy atom. The van der Waals surface area contributed by atoms with Gasteiger partial charge in [-0.3, -0.25) is 4.98 Å². The van der Waals surface area contributed by atoms with Gasteiger partial charge in [-0.1, -0.05) is 25.1 Å². The Bertz CT molecular complexity index is 1610. The third-order valence-electron chi connectivity index (χ3n) is 7.80. The molecule has 2 fully saturated rings. The Morgan fingerprint density at radius 3 is 2.67 bits per heavy atom. The normalized spacial score (nSPS) is 19.0. The second-order valence-corrected chi connectivity index (χ2v) is 10.6. The van der Waals surface area contributed by atoms with E-state index in [9.17, 15) is 9.18 Å². The van der Waals surface area contributed by atoms with Crippen LogP contribution in [0.3, 0.4) is 0 Å². The molecule has 4 aromatic rings. The maximum atomic E-state index is 16.5. The highest BCUT2D eigenvalue weighted by atomic mass is 19.1. The number of aromatic nitrogens is 3. The predicted molar refractivity (Wildman–Crippen MR) is 147 cm³/mol. The van der Waals surface area contributed by atoms with E-state index >= 15 is 4.39 Å². The first kappa shape index (κ1) is 26.3. The van der Waals surface area contributed by atoms with Crippen LogP contribution in [0.2, 0.25) is 0 Å². The number of rotatable bonds is 11. The molecule has 0 bridgehead atoms. The van der Waals surface area contributed by atoms with Crippen molar-refractivity contribution in [1.29, 1.82) is 0 Å². The first-order valence-corrected chi connectivity index (χ1v) is 13.4. The number of halogens is 2. The molecule has 2 heterocycles. The van der Waals surface area contributed by atoms with Gasteiger partial charge in [0.25, 0.3) is 0 Å². The second kappa shape index (κ2) is 10.2. The highest BCUT2D eigenvalue weighted by molar-refractivity contribution is 6.01. The lowest BCUT2D eigenvalue weighted by Crippen LogP contribution is -2.24. The minimum Gasteiger partial charge on any atom is -0.468 e. The van der Waals surface area contributed by atoms with E-state index in [2.05, 4.69) is 15.0 Å². The summed E-state index contributed by atoms with van der Waals surface area (Å²) in [6.07, 6.45) is 3.96. The van der Waals surface area contributed by atoms with Crippen molar-refractivity contribution in [3.8, 4) is 23.0 Å². The molecule has 0 spiro atoms. The number of nitrogens with zero attached hydrogens (tertiary/aromatic N) is 4. The van der Waals surface area contributed by atoms with Crippen molar-refractivity contribution in [3.63, 3.8) is 0 Å². The van der Waals surface area contributed by atoms with Crippen LogP contribution in [-0.4, -0.2) is 61.0 Å². The van der Waals surface area contributed by atoms with Crippen LogP contribution < -0.4 is 14.4 Å². The number of hydrogen-bond donors (Lipinski definition) is 0. The molecule has 0 aliphatic heterocycles. The largest absolute Gasteiger partial charge is 0.468 e. The van der Waals surface area contributed by atoms with Crippen LogP contribution in [0.4, 0.5) is 14.6 Å². The minimum absolute atomic E-state index is 0.00852. The zero-order valence-electron chi connectivity index (χ0n) is 22.6. The molecule has 0 saturated heterocycles. The molecule has 0 unspecified atom stereocenters. The molecule has 40 heavy (non-hydrogen) atoms. The van der Waals surface area contributed by atoms with E-state index in [0.717, 1.165) is 41.9 Å². The number of fused-ring (bicyclic) bond motifs is 2. The van der Waals surface area contributed by atoms with E-state index in [1.54, 1.807) is 18.0 Å². The van der Waals surface area contributed by atoms with Crippen LogP contribution in [0, 0.1) is 11.2 Å². The van der Waals surface area contributed by atoms with Crippen molar-refractivity contribution in [1.82, 2.24) is 15.0 Å². The zero-order chi connectivity index (χ0) is 28.0. The van der Waals surface area contributed by atoms with Gasteiger partial charge in [-0.05, 0) is 47.7 Å². The highest BCUT2D eigenvalue weighted by Crippen LogP contribution is 2.44. The summed E-state index contributed by atoms with van der Waals surface area (Å²) in [5.74, 6) is 0.187. The van der Waals surface area contributed by atoms with Crippen LogP contribution in [0.25, 0.3) is 32.9 Å². The fraction of sp³-hybridized carbons (Fsp3) is 0.400. The zero-order valence-corrected chi connectivity index (χ0v) is 22.6. The third kappa shape index (κ3) is 4.70. The molecule has 2 saturated carbocycles. The van der Waals surface area contributed by atoms with E-state index in [1.165, 1.54) is 13.3 Å². The van der Waals surface area contributed by atoms with Crippen LogP contribution in [0.5, 0.6) is 11.8 Å². The molecular weight excluding hydrogens is 518 g/mol. The van der Waals surface area contributed by atoms with E-state index in [4.69, 9.17) is 14.2 Å². The summed E-state index contributed by atoms with van der Waals surface area (Å²) < 4.78 is 47.2. The van der Waals surface area contributed by atoms with Gasteiger partial charge >= 0.3 is 6.01 Å². The molecular formula is C30H30F2N4O4. The van der Waals surface area contributed by atoms with Gasteiger partial charge < -0.3 is 23.9 Å². The van der Waals surface area contributed by atoms with Gasteiger partial charge in [0.2, 0.25) is 0 Å². The summed E-state index contributed by atoms with van der Waals surface area (Å²) in [6, 6.07) is 9.11. The molecule has 2 aromatic heterocycles. The Balaban J connectivity index is 1.53. The quantitative estimate of drug-likeness (QED) is 0.181. The van der Waals surface area contributed by atoms with E-state index < -0.39 is 17.4 Å². The van der Waals surface area contributed by atoms with Gasteiger partial charge in [-0.25, -0.2) is 8.78 Å². The van der Waals surface area contributed by atoms with Gasteiger partial charge in [0, 0.05) is 32.3 Å². The van der Waals surface area contributed by atoms with Gasteiger partial charge in [-0.15, -0.1) is 0 Å². The topological polar surface area (TPSA) is 86.7 Å². The summed E-state index contributed by atoms with van der Waals surface area (Å²) in [6.45, 7) is 2.18. The molecule has 0 amide bonds.